The average Bonchev–Trinajstić information content (AvgIpc) is 3.01. The Morgan fingerprint density at radius 2 is 1.41 bits per heavy atom. The maximum atomic E-state index is 12.9. The van der Waals surface area contributed by atoms with E-state index in [4.69, 9.17) is 4.74 Å². The molecule has 0 saturated heterocycles. The number of hydrogen-bond donors (Lipinski definition) is 3. The number of unbranched alkanes of at least 4 members (excludes halogenated alkanes) is 12. The van der Waals surface area contributed by atoms with Gasteiger partial charge in [-0.25, -0.2) is 13.2 Å². The van der Waals surface area contributed by atoms with Crippen LogP contribution in [-0.4, -0.2) is 75.3 Å². The van der Waals surface area contributed by atoms with Crippen LogP contribution in [0.25, 0.3) is 0 Å². The van der Waals surface area contributed by atoms with Crippen LogP contribution in [0.5, 0.6) is 0 Å². The van der Waals surface area contributed by atoms with Crippen molar-refractivity contribution in [3.63, 3.8) is 0 Å². The van der Waals surface area contributed by atoms with Crippen LogP contribution in [0.1, 0.15) is 102 Å². The van der Waals surface area contributed by atoms with Crippen LogP contribution < -0.4 is 10.0 Å². The lowest BCUT2D eigenvalue weighted by atomic mass is 10.0. The normalized spacial score (nSPS) is 12.8. The number of ether oxygens (including phenoxy) is 2. The van der Waals surface area contributed by atoms with Gasteiger partial charge in [0.2, 0.25) is 15.9 Å². The quantitative estimate of drug-likeness (QED) is 0.0919. The van der Waals surface area contributed by atoms with Gasteiger partial charge in [0.05, 0.1) is 18.6 Å². The fourth-order valence-corrected chi connectivity index (χ4v) is 6.64. The molecular formula is C32H54N2O8S2. The SMILES string of the molecule is CCCCCCCCCCCCCCCC(=O)OCCSC[C@H](NS(=O)(=O)c1ccc(C)cc1)C(=O)N[C@@H](CO)C(=O)OC. The van der Waals surface area contributed by atoms with Gasteiger partial charge >= 0.3 is 11.9 Å². The molecule has 0 bridgehead atoms. The minimum atomic E-state index is -4.06. The summed E-state index contributed by atoms with van der Waals surface area (Å²) in [5.41, 5.74) is 0.876. The van der Waals surface area contributed by atoms with Crippen LogP contribution in [0.2, 0.25) is 0 Å². The van der Waals surface area contributed by atoms with Gasteiger partial charge < -0.3 is 19.9 Å². The molecule has 1 amide bonds. The minimum absolute atomic E-state index is 0.00660. The Balaban J connectivity index is 2.37. The van der Waals surface area contributed by atoms with Gasteiger partial charge in [0.25, 0.3) is 0 Å². The molecule has 0 aliphatic carbocycles. The second-order valence-electron chi connectivity index (χ2n) is 11.0. The third kappa shape index (κ3) is 18.0. The number of aliphatic hydroxyl groups is 1. The third-order valence-electron chi connectivity index (χ3n) is 7.19. The topological polar surface area (TPSA) is 148 Å². The Hall–Kier alpha value is -2.15. The van der Waals surface area contributed by atoms with E-state index in [1.54, 1.807) is 12.1 Å². The number of methoxy groups -OCH3 is 1. The van der Waals surface area contributed by atoms with Gasteiger partial charge in [-0.3, -0.25) is 9.59 Å². The van der Waals surface area contributed by atoms with Crippen molar-refractivity contribution in [1.82, 2.24) is 10.0 Å². The highest BCUT2D eigenvalue weighted by Crippen LogP contribution is 2.15. The Morgan fingerprint density at radius 3 is 1.93 bits per heavy atom. The van der Waals surface area contributed by atoms with Gasteiger partial charge in [-0.1, -0.05) is 102 Å². The second-order valence-corrected chi connectivity index (χ2v) is 13.9. The van der Waals surface area contributed by atoms with Gasteiger partial charge in [-0.05, 0) is 25.5 Å². The molecule has 0 radical (unpaired) electrons. The molecule has 12 heteroatoms. The summed E-state index contributed by atoms with van der Waals surface area (Å²) in [7, 11) is -2.95. The largest absolute Gasteiger partial charge is 0.467 e. The van der Waals surface area contributed by atoms with E-state index in [1.165, 1.54) is 88.1 Å². The van der Waals surface area contributed by atoms with Crippen LogP contribution in [0.3, 0.4) is 0 Å². The van der Waals surface area contributed by atoms with Crippen molar-refractivity contribution in [3.05, 3.63) is 29.8 Å². The third-order valence-corrected chi connectivity index (χ3v) is 9.70. The van der Waals surface area contributed by atoms with E-state index in [1.807, 2.05) is 6.92 Å². The number of benzene rings is 1. The number of aliphatic hydroxyl groups excluding tert-OH is 1. The Kier molecular flexibility index (Phi) is 21.9. The predicted molar refractivity (Wildman–Crippen MR) is 175 cm³/mol. The van der Waals surface area contributed by atoms with Crippen molar-refractivity contribution in [2.75, 3.05) is 31.8 Å². The molecule has 0 unspecified atom stereocenters. The lowest BCUT2D eigenvalue weighted by molar-refractivity contribution is -0.146. The summed E-state index contributed by atoms with van der Waals surface area (Å²) in [6.07, 6.45) is 16.4. The summed E-state index contributed by atoms with van der Waals surface area (Å²) in [6.45, 7) is 3.48. The van der Waals surface area contributed by atoms with E-state index in [0.29, 0.717) is 12.2 Å². The molecule has 0 aliphatic rings. The zero-order chi connectivity index (χ0) is 32.6. The zero-order valence-electron chi connectivity index (χ0n) is 26.8. The molecule has 0 aliphatic heterocycles. The van der Waals surface area contributed by atoms with Crippen LogP contribution in [0, 0.1) is 6.92 Å². The highest BCUT2D eigenvalue weighted by molar-refractivity contribution is 7.99. The Labute approximate surface area is 268 Å². The summed E-state index contributed by atoms with van der Waals surface area (Å²) >= 11 is 1.22. The summed E-state index contributed by atoms with van der Waals surface area (Å²) in [5.74, 6) is -1.57. The summed E-state index contributed by atoms with van der Waals surface area (Å²) in [4.78, 5) is 36.8. The molecule has 252 valence electrons. The first-order chi connectivity index (χ1) is 21.1. The van der Waals surface area contributed by atoms with E-state index in [-0.39, 0.29) is 23.2 Å². The highest BCUT2D eigenvalue weighted by Gasteiger charge is 2.29. The smallest absolute Gasteiger partial charge is 0.330 e. The maximum Gasteiger partial charge on any atom is 0.330 e. The van der Waals surface area contributed by atoms with Crippen molar-refractivity contribution in [2.45, 2.75) is 121 Å². The summed E-state index contributed by atoms with van der Waals surface area (Å²) in [6, 6.07) is 3.55. The van der Waals surface area contributed by atoms with E-state index in [0.717, 1.165) is 31.9 Å². The first-order valence-electron chi connectivity index (χ1n) is 16.0. The molecule has 0 fully saturated rings. The van der Waals surface area contributed by atoms with E-state index in [9.17, 15) is 27.9 Å². The van der Waals surface area contributed by atoms with Gasteiger partial charge in [-0.2, -0.15) is 16.5 Å². The number of amides is 1. The van der Waals surface area contributed by atoms with Crippen LogP contribution >= 0.6 is 11.8 Å². The van der Waals surface area contributed by atoms with Gasteiger partial charge in [0.1, 0.15) is 12.6 Å². The molecule has 1 rings (SSSR count). The lowest BCUT2D eigenvalue weighted by Gasteiger charge is -2.21. The monoisotopic (exact) mass is 658 g/mol. The van der Waals surface area contributed by atoms with Crippen molar-refractivity contribution in [2.24, 2.45) is 0 Å². The lowest BCUT2D eigenvalue weighted by Crippen LogP contribution is -2.53. The fraction of sp³-hybridized carbons (Fsp3) is 0.719. The number of carbonyl (C=O) groups excluding carboxylic acids is 3. The molecule has 0 heterocycles. The van der Waals surface area contributed by atoms with Crippen molar-refractivity contribution >= 4 is 39.6 Å². The number of rotatable bonds is 26. The number of thioether (sulfide) groups is 1. The molecular weight excluding hydrogens is 604 g/mol. The first-order valence-corrected chi connectivity index (χ1v) is 18.6. The number of nitrogens with one attached hydrogen (secondary N) is 2. The molecule has 44 heavy (non-hydrogen) atoms. The standard InChI is InChI=1S/C32H54N2O8S2/c1-4-5-6-7-8-9-10-11-12-13-14-15-16-17-30(36)42-22-23-43-25-29(31(37)33-28(24-35)32(38)41-3)34-44(39,40)27-20-18-26(2)19-21-27/h18-21,28-29,34-35H,4-17,22-25H2,1-3H3,(H,33,37)/t28-,29-/m0/s1. The predicted octanol–water partition coefficient (Wildman–Crippen LogP) is 5.05. The summed E-state index contributed by atoms with van der Waals surface area (Å²) in [5, 5.41) is 11.8. The highest BCUT2D eigenvalue weighted by atomic mass is 32.2. The van der Waals surface area contributed by atoms with Crippen LogP contribution in [0.15, 0.2) is 29.2 Å². The van der Waals surface area contributed by atoms with Gasteiger partial charge in [0.15, 0.2) is 6.04 Å². The van der Waals surface area contributed by atoms with Gasteiger partial charge in [0, 0.05) is 17.9 Å². The molecule has 1 aromatic rings. The first kappa shape index (κ1) is 39.9. The Morgan fingerprint density at radius 1 is 0.864 bits per heavy atom. The second kappa shape index (κ2) is 24.1. The molecule has 2 atom stereocenters. The molecule has 3 N–H and O–H groups in total. The number of carbonyl (C=O) groups is 3. The molecule has 1 aromatic carbocycles. The zero-order valence-corrected chi connectivity index (χ0v) is 28.4. The minimum Gasteiger partial charge on any atom is -0.467 e. The molecule has 0 aromatic heterocycles. The van der Waals surface area contributed by atoms with E-state index >= 15 is 0 Å². The van der Waals surface area contributed by atoms with E-state index in [2.05, 4.69) is 21.7 Å². The fourth-order valence-electron chi connectivity index (χ4n) is 4.50. The van der Waals surface area contributed by atoms with Crippen LogP contribution in [-0.2, 0) is 33.9 Å². The number of aryl methyl sites for hydroxylation is 1. The number of hydrogen-bond acceptors (Lipinski definition) is 9. The van der Waals surface area contributed by atoms with Crippen molar-refractivity contribution in [3.8, 4) is 0 Å². The molecule has 0 spiro atoms. The molecule has 10 nitrogen and oxygen atoms in total. The average molecular weight is 659 g/mol. The number of sulfonamides is 1. The van der Waals surface area contributed by atoms with E-state index < -0.39 is 40.6 Å². The molecule has 0 saturated carbocycles. The Bertz CT molecular complexity index is 1050. The van der Waals surface area contributed by atoms with Crippen LogP contribution in [0.4, 0.5) is 0 Å². The maximum absolute atomic E-state index is 12.9. The van der Waals surface area contributed by atoms with Crippen molar-refractivity contribution in [1.29, 1.82) is 0 Å². The van der Waals surface area contributed by atoms with Crippen molar-refractivity contribution < 1.29 is 37.4 Å². The van der Waals surface area contributed by atoms with Gasteiger partial charge in [-0.15, -0.1) is 0 Å². The number of esters is 2. The summed E-state index contributed by atoms with van der Waals surface area (Å²) < 4.78 is 38.1.